The fourth-order valence-corrected chi connectivity index (χ4v) is 20.2. The topological polar surface area (TPSA) is 9.86 Å². The molecule has 0 atom stereocenters. The van der Waals surface area contributed by atoms with Gasteiger partial charge in [0, 0.05) is 63.8 Å². The summed E-state index contributed by atoms with van der Waals surface area (Å²) < 4.78 is 5.61. The summed E-state index contributed by atoms with van der Waals surface area (Å²) in [6.07, 6.45) is 0. The van der Waals surface area contributed by atoms with E-state index in [9.17, 15) is 0 Å². The van der Waals surface area contributed by atoms with E-state index >= 15 is 0 Å². The third-order valence-electron chi connectivity index (χ3n) is 23.3. The van der Waals surface area contributed by atoms with Gasteiger partial charge in [0.15, 0.2) is 0 Å². The van der Waals surface area contributed by atoms with Gasteiger partial charge in [-0.15, -0.1) is 59.2 Å². The number of fused-ring (bicyclic) bond motifs is 6. The van der Waals surface area contributed by atoms with Gasteiger partial charge in [0.05, 0.1) is 5.69 Å². The van der Waals surface area contributed by atoms with Crippen LogP contribution < -0.4 is 137 Å². The molecule has 0 amide bonds. The zero-order valence-electron chi connectivity index (χ0n) is 57.6. The van der Waals surface area contributed by atoms with Crippen molar-refractivity contribution in [2.45, 2.75) is 19.6 Å². The zero-order valence-corrected chi connectivity index (χ0v) is 58.4. The zero-order chi connectivity index (χ0) is 63.5. The highest BCUT2D eigenvalue weighted by atomic mass is 32.3. The van der Waals surface area contributed by atoms with Crippen LogP contribution in [0.2, 0.25) is 0 Å². The molecule has 12 rings (SSSR count). The van der Waals surface area contributed by atoms with Gasteiger partial charge in [-0.25, -0.2) is 0 Å². The predicted molar refractivity (Wildman–Crippen MR) is 470 cm³/mol. The van der Waals surface area contributed by atoms with Crippen molar-refractivity contribution < 1.29 is 0 Å². The Kier molecular flexibility index (Phi) is 15.7. The van der Waals surface area contributed by atoms with Gasteiger partial charge in [-0.3, -0.25) is 0 Å². The minimum absolute atomic E-state index is 1.25. The van der Waals surface area contributed by atoms with E-state index in [1.54, 1.807) is 0 Å². The molecular formula is C60H67B25N2S. The molecule has 0 aliphatic rings. The number of rotatable bonds is 8. The lowest BCUT2D eigenvalue weighted by Crippen LogP contribution is -2.55. The van der Waals surface area contributed by atoms with Crippen LogP contribution >= 0.6 is 10.0 Å². The van der Waals surface area contributed by atoms with Crippen LogP contribution in [-0.4, -0.2) is 205 Å². The van der Waals surface area contributed by atoms with E-state index < -0.39 is 10.0 Å². The van der Waals surface area contributed by atoms with E-state index in [0.717, 1.165) is 0 Å². The summed E-state index contributed by atoms with van der Waals surface area (Å²) in [7, 11) is 57.5. The van der Waals surface area contributed by atoms with Crippen molar-refractivity contribution in [3.8, 4) is 33.6 Å². The average molecular weight is 1120 g/mol. The summed E-state index contributed by atoms with van der Waals surface area (Å²) in [4.78, 5) is 5.26. The minimum Gasteiger partial charge on any atom is -0.312 e. The molecule has 2 heterocycles. The normalized spacial score (nSPS) is 12.0. The van der Waals surface area contributed by atoms with Crippen LogP contribution in [-0.2, 0) is 0 Å². The summed E-state index contributed by atoms with van der Waals surface area (Å²) in [5.41, 5.74) is 46.8. The number of benzene rings is 10. The number of aromatic nitrogens is 2. The van der Waals surface area contributed by atoms with Crippen LogP contribution in [0.3, 0.4) is 0 Å². The van der Waals surface area contributed by atoms with Crippen LogP contribution in [0.1, 0.15) is 0 Å². The third kappa shape index (κ3) is 8.47. The maximum absolute atomic E-state index is 2.85. The first-order chi connectivity index (χ1) is 41.7. The molecule has 0 unspecified atom stereocenters. The Labute approximate surface area is 547 Å². The number of nitrogens with zero attached hydrogens (tertiary/aromatic N) is 2. The quantitative estimate of drug-likeness (QED) is 0.134. The first-order valence-corrected chi connectivity index (χ1v) is 33.7. The van der Waals surface area contributed by atoms with Gasteiger partial charge < -0.3 is 9.13 Å². The van der Waals surface area contributed by atoms with Crippen molar-refractivity contribution in [1.29, 1.82) is 0 Å². The molecule has 0 radical (unpaired) electrons. The van der Waals surface area contributed by atoms with Crippen molar-refractivity contribution >= 4 is 386 Å². The maximum atomic E-state index is 2.85. The molecule has 0 aliphatic heterocycles. The number of hydrogen-bond donors (Lipinski definition) is 0. The van der Waals surface area contributed by atoms with Crippen molar-refractivity contribution in [3.05, 3.63) is 103 Å². The maximum Gasteiger partial charge on any atom is 0.142 e. The fourth-order valence-electron chi connectivity index (χ4n) is 16.3. The van der Waals surface area contributed by atoms with E-state index in [2.05, 4.69) is 308 Å². The predicted octanol–water partition coefficient (Wildman–Crippen LogP) is -27.0. The highest BCUT2D eigenvalue weighted by Crippen LogP contribution is 2.74. The average Bonchev–Trinajstić information content (AvgIpc) is 1.47. The van der Waals surface area contributed by atoms with E-state index in [0.29, 0.717) is 0 Å². The van der Waals surface area contributed by atoms with Crippen LogP contribution in [0.15, 0.2) is 123 Å². The smallest absolute Gasteiger partial charge is 0.142 e. The Balaban J connectivity index is 1.42. The molecule has 28 heteroatoms. The molecule has 12 aromatic rings. The molecular weight excluding hydrogens is 1050 g/mol. The van der Waals surface area contributed by atoms with Crippen LogP contribution in [0.25, 0.3) is 77.2 Å². The Bertz CT molecular complexity index is 4770. The summed E-state index contributed by atoms with van der Waals surface area (Å²) in [5, 5.41) is 5.49. The molecule has 0 aliphatic carbocycles. The second-order valence-corrected chi connectivity index (χ2v) is 29.8. The molecule has 398 valence electrons. The Morgan fingerprint density at radius 1 is 0.205 bits per heavy atom. The van der Waals surface area contributed by atoms with Gasteiger partial charge in [-0.2, -0.15) is 0 Å². The van der Waals surface area contributed by atoms with Crippen molar-refractivity contribution in [2.75, 3.05) is 0 Å². The van der Waals surface area contributed by atoms with E-state index in [-0.39, 0.29) is 0 Å². The SMILES string of the molecule is Bc1c(B)c(B)c(-c2cc(S(c3ccccc3)(c3ccccc3)c3ccccc3)cc(-c3c(B)c(B)c(B)c(B)c3B)c2-n2c3c(B)c(B)c(B)c(B)c3c3c(B)c(-n4c5c(B)c(B)c(B)c(B)c5c5c(B)c(B)c(B)c(B)c54)c(B)c(B)c32)c(B)c1B. The van der Waals surface area contributed by atoms with Crippen molar-refractivity contribution in [2.24, 2.45) is 0 Å². The summed E-state index contributed by atoms with van der Waals surface area (Å²) in [5.74, 6) is 0. The van der Waals surface area contributed by atoms with Crippen LogP contribution in [0.5, 0.6) is 0 Å². The molecule has 88 heavy (non-hydrogen) atoms. The molecule has 0 spiro atoms. The Hall–Kier alpha value is -6.23. The van der Waals surface area contributed by atoms with E-state index in [1.807, 2.05) is 0 Å². The summed E-state index contributed by atoms with van der Waals surface area (Å²) in [6.45, 7) is 0. The molecule has 10 aromatic carbocycles. The van der Waals surface area contributed by atoms with Gasteiger partial charge in [-0.1, -0.05) is 142 Å². The molecule has 0 fully saturated rings. The highest BCUT2D eigenvalue weighted by molar-refractivity contribution is 8.34. The Morgan fingerprint density at radius 2 is 0.432 bits per heavy atom. The lowest BCUT2D eigenvalue weighted by molar-refractivity contribution is 1.17. The van der Waals surface area contributed by atoms with Gasteiger partial charge in [0.1, 0.15) is 196 Å². The summed E-state index contributed by atoms with van der Waals surface area (Å²) >= 11 is 0. The lowest BCUT2D eigenvalue weighted by atomic mass is 9.58. The molecule has 2 aromatic heterocycles. The van der Waals surface area contributed by atoms with Crippen LogP contribution in [0.4, 0.5) is 0 Å². The Morgan fingerprint density at radius 3 is 0.727 bits per heavy atom. The highest BCUT2D eigenvalue weighted by Gasteiger charge is 2.38. The first kappa shape index (κ1) is 62.0. The second kappa shape index (κ2) is 22.3. The van der Waals surface area contributed by atoms with E-state index in [4.69, 9.17) is 0 Å². The van der Waals surface area contributed by atoms with Gasteiger partial charge in [0.25, 0.3) is 0 Å². The van der Waals surface area contributed by atoms with Crippen LogP contribution in [0, 0.1) is 0 Å². The molecule has 0 bridgehead atoms. The largest absolute Gasteiger partial charge is 0.312 e. The van der Waals surface area contributed by atoms with E-state index in [1.165, 1.54) is 233 Å². The van der Waals surface area contributed by atoms with Crippen molar-refractivity contribution in [1.82, 2.24) is 9.13 Å². The fraction of sp³-hybridized carbons (Fsp3) is 0. The number of hydrogen-bond acceptors (Lipinski definition) is 0. The van der Waals surface area contributed by atoms with Gasteiger partial charge in [0.2, 0.25) is 0 Å². The molecule has 0 saturated heterocycles. The monoisotopic (exact) mass is 1120 g/mol. The molecule has 0 N–H and O–H groups in total. The second-order valence-electron chi connectivity index (χ2n) is 26.7. The lowest BCUT2D eigenvalue weighted by Gasteiger charge is -2.43. The van der Waals surface area contributed by atoms with Gasteiger partial charge >= 0.3 is 0 Å². The standard InChI is InChI=1S/C60H67B25N2S/c61-30-24(31(62)39(70)45(76)38(30)69)22-16-21(88(18-10-4-1-5-11-18,19-12-6-2-7-13-19)20-14-8-3-9-15-20)17-23(25-32(63)40(71)46(77)41(72)33(25)64)55(22)86-56-28(36(67)44(75)47(78)50(56)81)29-37(68)60(54(85)53(84)59(29)86)87-57-26(34(65)42(73)48(79)51(57)82)27-35(66)43(74)49(80)52(83)58(27)87/h1-17H,61-85H2. The summed E-state index contributed by atoms with van der Waals surface area (Å²) in [6, 6.07) is 39.9. The molecule has 2 nitrogen and oxygen atoms in total. The van der Waals surface area contributed by atoms with Gasteiger partial charge in [-0.05, 0) is 75.8 Å². The molecule has 0 saturated carbocycles. The van der Waals surface area contributed by atoms with Crippen molar-refractivity contribution in [3.63, 3.8) is 0 Å². The third-order valence-corrected chi connectivity index (χ3v) is 27.2. The minimum atomic E-state index is -2.20. The first-order valence-electron chi connectivity index (χ1n) is 32.0.